The Labute approximate surface area is 132 Å². The predicted molar refractivity (Wildman–Crippen MR) is 79.5 cm³/mol. The van der Waals surface area contributed by atoms with Crippen LogP contribution in [0.2, 0.25) is 0 Å². The lowest BCUT2D eigenvalue weighted by Crippen LogP contribution is -2.39. The van der Waals surface area contributed by atoms with Crippen LogP contribution in [-0.2, 0) is 16.6 Å². The third-order valence-corrected chi connectivity index (χ3v) is 5.58. The van der Waals surface area contributed by atoms with Crippen molar-refractivity contribution < 1.29 is 22.0 Å². The van der Waals surface area contributed by atoms with Crippen LogP contribution in [0.3, 0.4) is 0 Å². The molecule has 3 rings (SSSR count). The highest BCUT2D eigenvalue weighted by molar-refractivity contribution is 7.89. The van der Waals surface area contributed by atoms with Gasteiger partial charge in [-0.2, -0.15) is 4.31 Å². The zero-order valence-electron chi connectivity index (χ0n) is 12.2. The number of rotatable bonds is 2. The molecular weight excluding hydrogens is 324 g/mol. The number of hydrogen-bond acceptors (Lipinski definition) is 3. The highest BCUT2D eigenvalue weighted by Gasteiger charge is 2.33. The van der Waals surface area contributed by atoms with Crippen LogP contribution in [0.1, 0.15) is 21.5 Å². The number of sulfonamides is 1. The van der Waals surface area contributed by atoms with Crippen molar-refractivity contribution in [2.24, 2.45) is 0 Å². The molecule has 1 aliphatic rings. The molecule has 2 aromatic carbocycles. The molecule has 2 aromatic rings. The van der Waals surface area contributed by atoms with E-state index in [1.165, 1.54) is 12.1 Å². The van der Waals surface area contributed by atoms with Gasteiger partial charge in [-0.3, -0.25) is 4.79 Å². The summed E-state index contributed by atoms with van der Waals surface area (Å²) in [6.45, 7) is 1.26. The Morgan fingerprint density at radius 1 is 1.00 bits per heavy atom. The van der Waals surface area contributed by atoms with Crippen molar-refractivity contribution in [2.75, 3.05) is 6.54 Å². The summed E-state index contributed by atoms with van der Waals surface area (Å²) in [4.78, 5) is 12.2. The second kappa shape index (κ2) is 5.50. The Hall–Kier alpha value is -2.12. The first-order valence-electron chi connectivity index (χ1n) is 6.87. The zero-order chi connectivity index (χ0) is 16.8. The minimum Gasteiger partial charge on any atom is -0.293 e. The fourth-order valence-electron chi connectivity index (χ4n) is 2.50. The molecule has 0 bridgehead atoms. The van der Waals surface area contributed by atoms with Crippen LogP contribution in [0.15, 0.2) is 41.3 Å². The Bertz CT molecular complexity index is 892. The summed E-state index contributed by atoms with van der Waals surface area (Å²) in [6, 6.07) is 7.91. The van der Waals surface area contributed by atoms with E-state index in [9.17, 15) is 22.0 Å². The number of nitrogens with zero attached hydrogens (tertiary/aromatic N) is 1. The molecule has 0 fully saturated rings. The maximum Gasteiger partial charge on any atom is 0.243 e. The smallest absolute Gasteiger partial charge is 0.243 e. The number of carbonyl (C=O) groups is 1. The van der Waals surface area contributed by atoms with Gasteiger partial charge in [0, 0.05) is 12.1 Å². The molecule has 0 unspecified atom stereocenters. The number of benzene rings is 2. The molecule has 0 radical (unpaired) electrons. The highest BCUT2D eigenvalue weighted by atomic mass is 32.2. The lowest BCUT2D eigenvalue weighted by Gasteiger charge is -2.27. The number of carbonyl (C=O) groups excluding carboxylic acids is 1. The van der Waals surface area contributed by atoms with Crippen molar-refractivity contribution in [1.82, 2.24) is 4.31 Å². The maximum absolute atomic E-state index is 13.4. The van der Waals surface area contributed by atoms with Gasteiger partial charge in [0.1, 0.15) is 0 Å². The minimum atomic E-state index is -3.88. The van der Waals surface area contributed by atoms with Gasteiger partial charge >= 0.3 is 0 Å². The summed E-state index contributed by atoms with van der Waals surface area (Å²) in [7, 11) is -3.88. The van der Waals surface area contributed by atoms with Crippen molar-refractivity contribution >= 4 is 15.8 Å². The molecule has 1 heterocycles. The number of ketones is 1. The van der Waals surface area contributed by atoms with E-state index in [4.69, 9.17) is 0 Å². The molecule has 0 aliphatic carbocycles. The summed E-state index contributed by atoms with van der Waals surface area (Å²) in [5.74, 6) is -2.78. The Morgan fingerprint density at radius 2 is 1.61 bits per heavy atom. The quantitative estimate of drug-likeness (QED) is 0.847. The summed E-state index contributed by atoms with van der Waals surface area (Å²) in [6.07, 6.45) is 0. The van der Waals surface area contributed by atoms with Crippen LogP contribution in [0.4, 0.5) is 8.78 Å². The van der Waals surface area contributed by atoms with Gasteiger partial charge in [-0.1, -0.05) is 17.7 Å². The van der Waals surface area contributed by atoms with Gasteiger partial charge < -0.3 is 0 Å². The number of aryl methyl sites for hydroxylation is 1. The average Bonchev–Trinajstić information content (AvgIpc) is 2.49. The first-order valence-corrected chi connectivity index (χ1v) is 8.31. The molecule has 23 heavy (non-hydrogen) atoms. The maximum atomic E-state index is 13.4. The van der Waals surface area contributed by atoms with Crippen LogP contribution in [0, 0.1) is 18.6 Å². The highest BCUT2D eigenvalue weighted by Crippen LogP contribution is 2.26. The fraction of sp³-hybridized carbons (Fsp3) is 0.188. The van der Waals surface area contributed by atoms with Crippen LogP contribution >= 0.6 is 0 Å². The Balaban J connectivity index is 2.01. The van der Waals surface area contributed by atoms with E-state index in [1.54, 1.807) is 12.1 Å². The van der Waals surface area contributed by atoms with Crippen LogP contribution in [0.25, 0.3) is 0 Å². The van der Waals surface area contributed by atoms with Crippen molar-refractivity contribution in [3.63, 3.8) is 0 Å². The van der Waals surface area contributed by atoms with Crippen molar-refractivity contribution in [3.05, 3.63) is 64.7 Å². The Morgan fingerprint density at radius 3 is 2.26 bits per heavy atom. The number of fused-ring (bicyclic) bond motifs is 1. The van der Waals surface area contributed by atoms with E-state index in [-0.39, 0.29) is 22.6 Å². The molecule has 0 spiro atoms. The van der Waals surface area contributed by atoms with E-state index in [0.29, 0.717) is 0 Å². The lowest BCUT2D eigenvalue weighted by molar-refractivity contribution is 0.0949. The molecule has 0 amide bonds. The molecule has 7 heteroatoms. The predicted octanol–water partition coefficient (Wildman–Crippen LogP) is 2.66. The van der Waals surface area contributed by atoms with E-state index >= 15 is 0 Å². The van der Waals surface area contributed by atoms with Crippen LogP contribution in [0.5, 0.6) is 0 Å². The summed E-state index contributed by atoms with van der Waals surface area (Å²) < 4.78 is 52.8. The molecule has 1 aliphatic heterocycles. The second-order valence-electron chi connectivity index (χ2n) is 5.43. The van der Waals surface area contributed by atoms with Crippen molar-refractivity contribution in [3.8, 4) is 0 Å². The lowest BCUT2D eigenvalue weighted by atomic mass is 10.00. The van der Waals surface area contributed by atoms with Crippen molar-refractivity contribution in [2.45, 2.75) is 18.4 Å². The van der Waals surface area contributed by atoms with Gasteiger partial charge in [-0.25, -0.2) is 17.2 Å². The molecule has 0 saturated heterocycles. The molecule has 0 saturated carbocycles. The van der Waals surface area contributed by atoms with Crippen LogP contribution < -0.4 is 0 Å². The first kappa shape index (κ1) is 15.8. The van der Waals surface area contributed by atoms with Crippen LogP contribution in [-0.4, -0.2) is 25.1 Å². The SMILES string of the molecule is Cc1ccc(S(=O)(=O)N2CC(=O)c3cc(F)c(F)cc3C2)cc1. The van der Waals surface area contributed by atoms with Gasteiger partial charge in [0.05, 0.1) is 11.4 Å². The minimum absolute atomic E-state index is 0.0271. The van der Waals surface area contributed by atoms with Gasteiger partial charge in [0.25, 0.3) is 0 Å². The van der Waals surface area contributed by atoms with Gasteiger partial charge in [-0.15, -0.1) is 0 Å². The zero-order valence-corrected chi connectivity index (χ0v) is 13.0. The van der Waals surface area contributed by atoms with Gasteiger partial charge in [-0.05, 0) is 36.8 Å². The Kier molecular flexibility index (Phi) is 3.77. The number of hydrogen-bond donors (Lipinski definition) is 0. The molecule has 0 atom stereocenters. The summed E-state index contributed by atoms with van der Waals surface area (Å²) in [5, 5.41) is 0. The van der Waals surface area contributed by atoms with Gasteiger partial charge in [0.15, 0.2) is 17.4 Å². The topological polar surface area (TPSA) is 54.5 Å². The fourth-order valence-corrected chi connectivity index (χ4v) is 3.87. The number of halogens is 2. The number of Topliss-reactive ketones (excluding diaryl/α,β-unsaturated/α-hetero) is 1. The second-order valence-corrected chi connectivity index (χ2v) is 7.37. The van der Waals surface area contributed by atoms with E-state index in [0.717, 1.165) is 22.0 Å². The summed E-state index contributed by atoms with van der Waals surface area (Å²) >= 11 is 0. The summed E-state index contributed by atoms with van der Waals surface area (Å²) in [5.41, 5.74) is 1.09. The third kappa shape index (κ3) is 2.77. The standard InChI is InChI=1S/C16H13F2NO3S/c1-10-2-4-12(5-3-10)23(21,22)19-8-11-6-14(17)15(18)7-13(11)16(20)9-19/h2-7H,8-9H2,1H3. The average molecular weight is 337 g/mol. The first-order chi connectivity index (χ1) is 10.8. The molecular formula is C16H13F2NO3S. The van der Waals surface area contributed by atoms with Crippen molar-refractivity contribution in [1.29, 1.82) is 0 Å². The molecule has 0 N–H and O–H groups in total. The van der Waals surface area contributed by atoms with E-state index in [1.807, 2.05) is 6.92 Å². The molecule has 0 aromatic heterocycles. The van der Waals surface area contributed by atoms with E-state index in [2.05, 4.69) is 0 Å². The molecule has 120 valence electrons. The molecule has 4 nitrogen and oxygen atoms in total. The largest absolute Gasteiger partial charge is 0.293 e. The van der Waals surface area contributed by atoms with Gasteiger partial charge in [0.2, 0.25) is 10.0 Å². The normalized spacial score (nSPS) is 15.5. The third-order valence-electron chi connectivity index (χ3n) is 3.77. The van der Waals surface area contributed by atoms with E-state index < -0.39 is 34.0 Å². The monoisotopic (exact) mass is 337 g/mol.